The highest BCUT2D eigenvalue weighted by Crippen LogP contribution is 2.39. The van der Waals surface area contributed by atoms with E-state index in [0.29, 0.717) is 17.9 Å². The molecule has 29 heavy (non-hydrogen) atoms. The largest absolute Gasteiger partial charge is 0.504 e. The molecule has 4 rings (SSSR count). The lowest BCUT2D eigenvalue weighted by molar-refractivity contribution is 0.0975. The summed E-state index contributed by atoms with van der Waals surface area (Å²) in [6, 6.07) is 19.9. The van der Waals surface area contributed by atoms with E-state index in [1.54, 1.807) is 29.2 Å². The lowest BCUT2D eigenvalue weighted by Crippen LogP contribution is -2.43. The maximum absolute atomic E-state index is 13.4. The lowest BCUT2D eigenvalue weighted by Gasteiger charge is -2.38. The summed E-state index contributed by atoms with van der Waals surface area (Å²) in [5.41, 5.74) is 2.88. The molecule has 0 aromatic heterocycles. The SMILES string of the molecule is CCOc1ccc(N2C(=O)c3ccccc3N[C@H]2c2ccc(O)c(OC)c2)cc1. The molecule has 148 valence electrons. The normalized spacial score (nSPS) is 15.4. The third-order valence-electron chi connectivity index (χ3n) is 4.87. The van der Waals surface area contributed by atoms with Crippen molar-refractivity contribution in [2.75, 3.05) is 23.9 Å². The van der Waals surface area contributed by atoms with Crippen LogP contribution in [0.5, 0.6) is 17.2 Å². The molecule has 1 aliphatic rings. The Morgan fingerprint density at radius 1 is 1.07 bits per heavy atom. The summed E-state index contributed by atoms with van der Waals surface area (Å²) in [6.07, 6.45) is -0.468. The Balaban J connectivity index is 1.81. The maximum Gasteiger partial charge on any atom is 0.262 e. The van der Waals surface area contributed by atoms with Crippen LogP contribution in [0, 0.1) is 0 Å². The van der Waals surface area contributed by atoms with E-state index in [1.165, 1.54) is 7.11 Å². The Bertz CT molecular complexity index is 1030. The first-order valence-corrected chi connectivity index (χ1v) is 9.41. The van der Waals surface area contributed by atoms with Gasteiger partial charge in [-0.05, 0) is 61.0 Å². The molecule has 1 amide bonds. The molecule has 3 aromatic carbocycles. The fourth-order valence-corrected chi connectivity index (χ4v) is 3.49. The summed E-state index contributed by atoms with van der Waals surface area (Å²) in [4.78, 5) is 15.1. The number of benzene rings is 3. The van der Waals surface area contributed by atoms with Crippen LogP contribution < -0.4 is 19.7 Å². The molecule has 1 aliphatic heterocycles. The van der Waals surface area contributed by atoms with Gasteiger partial charge in [0.15, 0.2) is 11.5 Å². The minimum atomic E-state index is -0.468. The predicted molar refractivity (Wildman–Crippen MR) is 112 cm³/mol. The first-order valence-electron chi connectivity index (χ1n) is 9.41. The smallest absolute Gasteiger partial charge is 0.262 e. The van der Waals surface area contributed by atoms with Crippen LogP contribution in [0.25, 0.3) is 0 Å². The first-order chi connectivity index (χ1) is 14.1. The fraction of sp³-hybridized carbons (Fsp3) is 0.174. The number of rotatable bonds is 5. The number of carbonyl (C=O) groups excluding carboxylic acids is 1. The van der Waals surface area contributed by atoms with Crippen LogP contribution in [-0.4, -0.2) is 24.7 Å². The Hall–Kier alpha value is -3.67. The molecule has 0 aliphatic carbocycles. The second kappa shape index (κ2) is 7.75. The number of anilines is 2. The second-order valence-corrected chi connectivity index (χ2v) is 6.63. The quantitative estimate of drug-likeness (QED) is 0.668. The third kappa shape index (κ3) is 3.45. The number of hydrogen-bond donors (Lipinski definition) is 2. The number of fused-ring (bicyclic) bond motifs is 1. The number of aromatic hydroxyl groups is 1. The molecule has 0 saturated carbocycles. The van der Waals surface area contributed by atoms with Crippen LogP contribution >= 0.6 is 0 Å². The van der Waals surface area contributed by atoms with Crippen LogP contribution in [0.4, 0.5) is 11.4 Å². The molecule has 0 spiro atoms. The number of nitrogens with zero attached hydrogens (tertiary/aromatic N) is 1. The van der Waals surface area contributed by atoms with Gasteiger partial charge in [-0.3, -0.25) is 9.69 Å². The average Bonchev–Trinajstić information content (AvgIpc) is 2.75. The van der Waals surface area contributed by atoms with Gasteiger partial charge in [0.1, 0.15) is 11.9 Å². The van der Waals surface area contributed by atoms with Crippen molar-refractivity contribution in [3.05, 3.63) is 77.9 Å². The predicted octanol–water partition coefficient (Wildman–Crippen LogP) is 4.57. The monoisotopic (exact) mass is 390 g/mol. The van der Waals surface area contributed by atoms with E-state index < -0.39 is 6.17 Å². The van der Waals surface area contributed by atoms with E-state index in [1.807, 2.05) is 49.4 Å². The number of para-hydroxylation sites is 1. The van der Waals surface area contributed by atoms with Gasteiger partial charge in [-0.2, -0.15) is 0 Å². The molecule has 1 heterocycles. The molecule has 0 bridgehead atoms. The number of ether oxygens (including phenoxy) is 2. The zero-order chi connectivity index (χ0) is 20.4. The summed E-state index contributed by atoms with van der Waals surface area (Å²) in [5, 5.41) is 13.4. The van der Waals surface area contributed by atoms with Crippen molar-refractivity contribution in [3.8, 4) is 17.2 Å². The maximum atomic E-state index is 13.4. The number of carbonyl (C=O) groups is 1. The van der Waals surface area contributed by atoms with Gasteiger partial charge < -0.3 is 19.9 Å². The zero-order valence-corrected chi connectivity index (χ0v) is 16.3. The van der Waals surface area contributed by atoms with Gasteiger partial charge in [0.25, 0.3) is 5.91 Å². The Morgan fingerprint density at radius 2 is 1.83 bits per heavy atom. The van der Waals surface area contributed by atoms with Gasteiger partial charge in [0, 0.05) is 11.4 Å². The number of nitrogens with one attached hydrogen (secondary N) is 1. The Labute approximate surface area is 169 Å². The van der Waals surface area contributed by atoms with Crippen molar-refractivity contribution in [2.24, 2.45) is 0 Å². The van der Waals surface area contributed by atoms with Gasteiger partial charge in [-0.1, -0.05) is 18.2 Å². The topological polar surface area (TPSA) is 71.0 Å². The molecular weight excluding hydrogens is 368 g/mol. The summed E-state index contributed by atoms with van der Waals surface area (Å²) in [7, 11) is 1.50. The number of phenols is 1. The molecule has 1 atom stereocenters. The molecule has 3 aromatic rings. The van der Waals surface area contributed by atoms with Crippen molar-refractivity contribution >= 4 is 17.3 Å². The minimum Gasteiger partial charge on any atom is -0.504 e. The van der Waals surface area contributed by atoms with Gasteiger partial charge in [0.05, 0.1) is 19.3 Å². The number of amides is 1. The summed E-state index contributed by atoms with van der Waals surface area (Å²) in [5.74, 6) is 1.03. The van der Waals surface area contributed by atoms with Crippen LogP contribution in [0.2, 0.25) is 0 Å². The van der Waals surface area contributed by atoms with Gasteiger partial charge >= 0.3 is 0 Å². The van der Waals surface area contributed by atoms with E-state index in [4.69, 9.17) is 9.47 Å². The molecule has 0 radical (unpaired) electrons. The third-order valence-corrected chi connectivity index (χ3v) is 4.87. The van der Waals surface area contributed by atoms with Crippen molar-refractivity contribution in [3.63, 3.8) is 0 Å². The van der Waals surface area contributed by atoms with Crippen LogP contribution in [0.3, 0.4) is 0 Å². The Kier molecular flexibility index (Phi) is 4.99. The molecular formula is C23H22N2O4. The van der Waals surface area contributed by atoms with E-state index in [9.17, 15) is 9.90 Å². The van der Waals surface area contributed by atoms with Gasteiger partial charge in [0.2, 0.25) is 0 Å². The highest BCUT2D eigenvalue weighted by molar-refractivity contribution is 6.12. The number of hydrogen-bond acceptors (Lipinski definition) is 5. The van der Waals surface area contributed by atoms with Crippen molar-refractivity contribution < 1.29 is 19.4 Å². The van der Waals surface area contributed by atoms with Gasteiger partial charge in [-0.15, -0.1) is 0 Å². The van der Waals surface area contributed by atoms with Crippen LogP contribution in [0.15, 0.2) is 66.7 Å². The molecule has 0 unspecified atom stereocenters. The first kappa shape index (κ1) is 18.7. The van der Waals surface area contributed by atoms with E-state index in [0.717, 1.165) is 22.7 Å². The van der Waals surface area contributed by atoms with Crippen LogP contribution in [0.1, 0.15) is 29.0 Å². The average molecular weight is 390 g/mol. The minimum absolute atomic E-state index is 0.0476. The van der Waals surface area contributed by atoms with Crippen molar-refractivity contribution in [1.29, 1.82) is 0 Å². The van der Waals surface area contributed by atoms with Gasteiger partial charge in [-0.25, -0.2) is 0 Å². The standard InChI is InChI=1S/C23H22N2O4/c1-3-29-17-11-9-16(10-12-17)25-22(15-8-13-20(26)21(14-15)28-2)24-19-7-5-4-6-18(19)23(25)27/h4-14,22,24,26H,3H2,1-2H3/t22-/m1/s1. The molecule has 2 N–H and O–H groups in total. The molecule has 0 saturated heterocycles. The summed E-state index contributed by atoms with van der Waals surface area (Å²) >= 11 is 0. The summed E-state index contributed by atoms with van der Waals surface area (Å²) < 4.78 is 10.8. The van der Waals surface area contributed by atoms with E-state index in [2.05, 4.69) is 5.32 Å². The highest BCUT2D eigenvalue weighted by atomic mass is 16.5. The second-order valence-electron chi connectivity index (χ2n) is 6.63. The summed E-state index contributed by atoms with van der Waals surface area (Å²) in [6.45, 7) is 2.50. The Morgan fingerprint density at radius 3 is 2.55 bits per heavy atom. The molecule has 6 nitrogen and oxygen atoms in total. The van der Waals surface area contributed by atoms with E-state index >= 15 is 0 Å². The number of phenolic OH excluding ortho intramolecular Hbond substituents is 1. The van der Waals surface area contributed by atoms with Crippen LogP contribution in [-0.2, 0) is 0 Å². The highest BCUT2D eigenvalue weighted by Gasteiger charge is 2.34. The fourth-order valence-electron chi connectivity index (χ4n) is 3.49. The van der Waals surface area contributed by atoms with Crippen molar-refractivity contribution in [1.82, 2.24) is 0 Å². The molecule has 6 heteroatoms. The number of methoxy groups -OCH3 is 1. The molecule has 0 fully saturated rings. The lowest BCUT2D eigenvalue weighted by atomic mass is 10.0. The van der Waals surface area contributed by atoms with E-state index in [-0.39, 0.29) is 11.7 Å². The van der Waals surface area contributed by atoms with Crippen molar-refractivity contribution in [2.45, 2.75) is 13.1 Å². The zero-order valence-electron chi connectivity index (χ0n) is 16.3.